The third-order valence-electron chi connectivity index (χ3n) is 2.81. The van der Waals surface area contributed by atoms with Crippen LogP contribution >= 0.6 is 0 Å². The van der Waals surface area contributed by atoms with Crippen LogP contribution in [0.2, 0.25) is 0 Å². The zero-order valence-corrected chi connectivity index (χ0v) is 11.2. The molecule has 0 saturated carbocycles. The van der Waals surface area contributed by atoms with Gasteiger partial charge in [-0.15, -0.1) is 0 Å². The van der Waals surface area contributed by atoms with Crippen molar-refractivity contribution in [1.82, 2.24) is 9.38 Å². The van der Waals surface area contributed by atoms with Gasteiger partial charge >= 0.3 is 5.97 Å². The van der Waals surface area contributed by atoms with Gasteiger partial charge in [0.2, 0.25) is 0 Å². The molecule has 0 atom stereocenters. The number of ether oxygens (including phenoxy) is 1. The molecule has 0 aliphatic carbocycles. The Morgan fingerprint density at radius 1 is 1.55 bits per heavy atom. The lowest BCUT2D eigenvalue weighted by molar-refractivity contribution is 0.0517. The Bertz CT molecular complexity index is 658. The number of esters is 1. The van der Waals surface area contributed by atoms with Crippen LogP contribution in [0.3, 0.4) is 0 Å². The average Bonchev–Trinajstić information content (AvgIpc) is 2.82. The fourth-order valence-corrected chi connectivity index (χ4v) is 2.00. The van der Waals surface area contributed by atoms with Gasteiger partial charge in [0.05, 0.1) is 12.3 Å². The maximum absolute atomic E-state index is 12.1. The molecule has 2 aromatic rings. The number of aromatic nitrogens is 2. The monoisotopic (exact) mass is 273 g/mol. The number of carbonyl (C=O) groups is 1. The maximum atomic E-state index is 12.1. The van der Waals surface area contributed by atoms with E-state index in [0.717, 1.165) is 0 Å². The molecular weight excluding hydrogens is 258 g/mol. The summed E-state index contributed by atoms with van der Waals surface area (Å²) in [5.41, 5.74) is 10.1. The third-order valence-corrected chi connectivity index (χ3v) is 2.81. The van der Waals surface area contributed by atoms with Gasteiger partial charge in [0.25, 0.3) is 0 Å². The third kappa shape index (κ3) is 2.89. The zero-order valence-electron chi connectivity index (χ0n) is 11.2. The number of hydrogen-bond donors (Lipinski definition) is 0. The Morgan fingerprint density at radius 3 is 3.15 bits per heavy atom. The molecule has 2 aromatic heterocycles. The Morgan fingerprint density at radius 2 is 2.40 bits per heavy atom. The van der Waals surface area contributed by atoms with E-state index < -0.39 is 0 Å². The van der Waals surface area contributed by atoms with E-state index in [0.29, 0.717) is 43.0 Å². The van der Waals surface area contributed by atoms with Crippen molar-refractivity contribution in [1.29, 1.82) is 0 Å². The second kappa shape index (κ2) is 6.58. The van der Waals surface area contributed by atoms with Crippen molar-refractivity contribution in [3.8, 4) is 0 Å². The molecule has 0 aromatic carbocycles. The fraction of sp³-hybridized carbons (Fsp3) is 0.385. The summed E-state index contributed by atoms with van der Waals surface area (Å²) < 4.78 is 6.80. The van der Waals surface area contributed by atoms with E-state index in [1.807, 2.05) is 18.2 Å². The van der Waals surface area contributed by atoms with Crippen molar-refractivity contribution < 1.29 is 9.53 Å². The molecular formula is C13H15N5O2. The Balaban J connectivity index is 2.33. The molecule has 0 N–H and O–H groups in total. The zero-order chi connectivity index (χ0) is 14.4. The van der Waals surface area contributed by atoms with Gasteiger partial charge in [0.1, 0.15) is 5.65 Å². The molecule has 0 bridgehead atoms. The summed E-state index contributed by atoms with van der Waals surface area (Å²) in [5, 5.41) is 3.48. The van der Waals surface area contributed by atoms with E-state index in [4.69, 9.17) is 10.3 Å². The van der Waals surface area contributed by atoms with Crippen molar-refractivity contribution in [2.24, 2.45) is 5.11 Å². The van der Waals surface area contributed by atoms with Crippen molar-refractivity contribution in [2.45, 2.75) is 19.8 Å². The molecule has 104 valence electrons. The number of fused-ring (bicyclic) bond motifs is 1. The number of aryl methyl sites for hydroxylation is 1. The van der Waals surface area contributed by atoms with Crippen LogP contribution in [-0.2, 0) is 11.2 Å². The number of hydrogen-bond acceptors (Lipinski definition) is 4. The molecule has 2 heterocycles. The molecule has 7 heteroatoms. The van der Waals surface area contributed by atoms with Crippen LogP contribution in [0.1, 0.15) is 29.5 Å². The summed E-state index contributed by atoms with van der Waals surface area (Å²) in [6, 6.07) is 5.53. The van der Waals surface area contributed by atoms with Crippen molar-refractivity contribution in [2.75, 3.05) is 13.2 Å². The number of pyridine rings is 1. The van der Waals surface area contributed by atoms with E-state index >= 15 is 0 Å². The van der Waals surface area contributed by atoms with Crippen LogP contribution in [0.15, 0.2) is 29.5 Å². The second-order valence-corrected chi connectivity index (χ2v) is 4.11. The lowest BCUT2D eigenvalue weighted by Gasteiger charge is -2.04. The highest BCUT2D eigenvalue weighted by atomic mass is 16.5. The minimum atomic E-state index is -0.384. The Kier molecular flexibility index (Phi) is 4.57. The molecule has 0 aliphatic rings. The van der Waals surface area contributed by atoms with E-state index in [1.165, 1.54) is 0 Å². The molecule has 0 saturated heterocycles. The van der Waals surface area contributed by atoms with E-state index in [1.54, 1.807) is 17.5 Å². The lowest BCUT2D eigenvalue weighted by Crippen LogP contribution is -2.10. The van der Waals surface area contributed by atoms with Gasteiger partial charge in [0.15, 0.2) is 5.69 Å². The minimum absolute atomic E-state index is 0.317. The van der Waals surface area contributed by atoms with Crippen LogP contribution in [-0.4, -0.2) is 28.5 Å². The summed E-state index contributed by atoms with van der Waals surface area (Å²) in [4.78, 5) is 19.2. The van der Waals surface area contributed by atoms with Gasteiger partial charge in [-0.25, -0.2) is 9.78 Å². The normalized spacial score (nSPS) is 10.2. The first-order valence-corrected chi connectivity index (χ1v) is 6.42. The smallest absolute Gasteiger partial charge is 0.357 e. The largest absolute Gasteiger partial charge is 0.461 e. The summed E-state index contributed by atoms with van der Waals surface area (Å²) in [6.45, 7) is 2.46. The number of rotatable bonds is 6. The Labute approximate surface area is 115 Å². The van der Waals surface area contributed by atoms with Crippen LogP contribution in [0.25, 0.3) is 16.1 Å². The average molecular weight is 273 g/mol. The molecule has 0 amide bonds. The summed E-state index contributed by atoms with van der Waals surface area (Å²) in [6.07, 6.45) is 2.99. The highest BCUT2D eigenvalue weighted by molar-refractivity contribution is 5.90. The molecule has 0 fully saturated rings. The number of nitrogens with zero attached hydrogens (tertiary/aromatic N) is 5. The van der Waals surface area contributed by atoms with Crippen molar-refractivity contribution >= 4 is 11.6 Å². The molecule has 0 unspecified atom stereocenters. The highest BCUT2D eigenvalue weighted by Crippen LogP contribution is 2.15. The van der Waals surface area contributed by atoms with E-state index in [2.05, 4.69) is 15.0 Å². The highest BCUT2D eigenvalue weighted by Gasteiger charge is 2.19. The Hall–Kier alpha value is -2.53. The van der Waals surface area contributed by atoms with Crippen LogP contribution in [0.4, 0.5) is 0 Å². The minimum Gasteiger partial charge on any atom is -0.461 e. The van der Waals surface area contributed by atoms with Gasteiger partial charge < -0.3 is 4.74 Å². The van der Waals surface area contributed by atoms with Gasteiger partial charge in [0, 0.05) is 17.7 Å². The van der Waals surface area contributed by atoms with Crippen LogP contribution < -0.4 is 0 Å². The van der Waals surface area contributed by atoms with Gasteiger partial charge in [-0.1, -0.05) is 11.2 Å². The second-order valence-electron chi connectivity index (χ2n) is 4.11. The molecule has 0 aliphatic heterocycles. The van der Waals surface area contributed by atoms with Crippen molar-refractivity contribution in [3.63, 3.8) is 0 Å². The maximum Gasteiger partial charge on any atom is 0.357 e. The van der Waals surface area contributed by atoms with Gasteiger partial charge in [-0.05, 0) is 37.4 Å². The molecule has 20 heavy (non-hydrogen) atoms. The number of azide groups is 1. The molecule has 0 radical (unpaired) electrons. The molecule has 7 nitrogen and oxygen atoms in total. The number of carbonyl (C=O) groups excluding carboxylic acids is 1. The van der Waals surface area contributed by atoms with Crippen LogP contribution in [0, 0.1) is 0 Å². The summed E-state index contributed by atoms with van der Waals surface area (Å²) >= 11 is 0. The van der Waals surface area contributed by atoms with E-state index in [-0.39, 0.29) is 5.97 Å². The van der Waals surface area contributed by atoms with Crippen molar-refractivity contribution in [3.05, 3.63) is 46.2 Å². The standard InChI is InChI=1S/C13H15N5O2/c1-2-20-13(19)12-10(6-5-8-15-17-14)16-11-7-3-4-9-18(11)12/h3-4,7,9H,2,5-6,8H2,1H3. The first kappa shape index (κ1) is 13.9. The fourth-order valence-electron chi connectivity index (χ4n) is 2.00. The first-order valence-electron chi connectivity index (χ1n) is 6.42. The first-order chi connectivity index (χ1) is 9.77. The predicted octanol–water partition coefficient (Wildman–Crippen LogP) is 2.75. The SMILES string of the molecule is CCOC(=O)c1c(CCCN=[N+]=[N-])nc2ccccn12. The molecule has 2 rings (SSSR count). The summed E-state index contributed by atoms with van der Waals surface area (Å²) in [7, 11) is 0. The summed E-state index contributed by atoms with van der Waals surface area (Å²) in [5.74, 6) is -0.384. The quantitative estimate of drug-likeness (QED) is 0.266. The number of imidazole rings is 1. The van der Waals surface area contributed by atoms with Crippen LogP contribution in [0.5, 0.6) is 0 Å². The molecule has 0 spiro atoms. The predicted molar refractivity (Wildman–Crippen MR) is 73.5 cm³/mol. The van der Waals surface area contributed by atoms with E-state index in [9.17, 15) is 4.79 Å². The topological polar surface area (TPSA) is 92.4 Å². The lowest BCUT2D eigenvalue weighted by atomic mass is 10.2. The van der Waals surface area contributed by atoms with Gasteiger partial charge in [-0.2, -0.15) is 0 Å². The van der Waals surface area contributed by atoms with Gasteiger partial charge in [-0.3, -0.25) is 4.40 Å².